The molecule has 1 amide bonds. The number of nitrogens with one attached hydrogen (secondary N) is 1. The molecule has 43 heavy (non-hydrogen) atoms. The second-order valence-corrected chi connectivity index (χ2v) is 9.96. The Kier molecular flexibility index (Phi) is 10.9. The van der Waals surface area contributed by atoms with E-state index in [0.29, 0.717) is 38.2 Å². The summed E-state index contributed by atoms with van der Waals surface area (Å²) in [6, 6.07) is 11.8. The van der Waals surface area contributed by atoms with Crippen molar-refractivity contribution in [3.8, 4) is 0 Å². The molecule has 2 aromatic heterocycles. The van der Waals surface area contributed by atoms with Gasteiger partial charge in [0.1, 0.15) is 0 Å². The van der Waals surface area contributed by atoms with Crippen molar-refractivity contribution in [1.82, 2.24) is 19.8 Å². The number of H-pyrrole nitrogens is 1. The van der Waals surface area contributed by atoms with Gasteiger partial charge >= 0.3 is 12.4 Å². The van der Waals surface area contributed by atoms with Gasteiger partial charge in [-0.05, 0) is 47.9 Å². The summed E-state index contributed by atoms with van der Waals surface area (Å²) in [6.07, 6.45) is -0.634. The monoisotopic (exact) mass is 644 g/mol. The SMILES string of the molecule is Cl.Cl.O=C(c1cc(C(F)(F)F)cc(C(F)(F)F)c1)N1CCN(CC=Cc2cccnc2)C[C@H]1Cc1c[nH]c2ccccc12. The highest BCUT2D eigenvalue weighted by Crippen LogP contribution is 2.37. The first-order valence-corrected chi connectivity index (χ1v) is 12.9. The molecule has 1 aliphatic heterocycles. The number of amides is 1. The van der Waals surface area contributed by atoms with Crippen molar-refractivity contribution in [2.75, 3.05) is 26.2 Å². The van der Waals surface area contributed by atoms with Gasteiger partial charge in [-0.1, -0.05) is 36.4 Å². The summed E-state index contributed by atoms with van der Waals surface area (Å²) in [7, 11) is 0. The maximum absolute atomic E-state index is 13.6. The van der Waals surface area contributed by atoms with Crippen LogP contribution in [0.5, 0.6) is 0 Å². The Balaban J connectivity index is 0.00000253. The Hall–Kier alpha value is -3.54. The highest BCUT2D eigenvalue weighted by atomic mass is 35.5. The minimum atomic E-state index is -5.04. The number of para-hydroxylation sites is 1. The fraction of sp³-hybridized carbons (Fsp3) is 0.267. The summed E-state index contributed by atoms with van der Waals surface area (Å²) in [5, 5.41) is 0.937. The molecule has 5 nitrogen and oxygen atoms in total. The number of pyridine rings is 1. The standard InChI is InChI=1S/C30H26F6N4O.2ClH/c31-29(32,33)23-13-21(14-24(16-23)30(34,35)36)28(41)40-12-11-39(10-4-6-20-5-3-9-37-17-20)19-25(40)15-22-18-38-27-8-2-1-7-26(22)27;;/h1-9,13-14,16-18,25,38H,10-12,15,19H2;2*1H/t25-;;/m1../s1. The lowest BCUT2D eigenvalue weighted by atomic mass is 9.98. The maximum Gasteiger partial charge on any atom is 0.416 e. The molecule has 1 aliphatic rings. The molecule has 1 atom stereocenters. The van der Waals surface area contributed by atoms with Gasteiger partial charge in [-0.25, -0.2) is 0 Å². The van der Waals surface area contributed by atoms with Crippen LogP contribution in [-0.4, -0.2) is 57.9 Å². The largest absolute Gasteiger partial charge is 0.416 e. The molecule has 5 rings (SSSR count). The number of fused-ring (bicyclic) bond motifs is 1. The average molecular weight is 645 g/mol. The van der Waals surface area contributed by atoms with Crippen molar-refractivity contribution in [3.63, 3.8) is 0 Å². The van der Waals surface area contributed by atoms with Crippen LogP contribution in [0.3, 0.4) is 0 Å². The summed E-state index contributed by atoms with van der Waals surface area (Å²) in [4.78, 5) is 24.4. The highest BCUT2D eigenvalue weighted by Gasteiger charge is 2.39. The minimum Gasteiger partial charge on any atom is -0.361 e. The number of halogens is 8. The number of aromatic nitrogens is 2. The molecule has 4 aromatic rings. The second kappa shape index (κ2) is 13.8. The normalized spacial score (nSPS) is 16.2. The summed E-state index contributed by atoms with van der Waals surface area (Å²) in [5.74, 6) is -0.864. The number of carbonyl (C=O) groups excluding carboxylic acids is 1. The number of aromatic amines is 1. The number of hydrogen-bond donors (Lipinski definition) is 1. The van der Waals surface area contributed by atoms with Crippen molar-refractivity contribution >= 4 is 47.7 Å². The van der Waals surface area contributed by atoms with Crippen LogP contribution in [0.2, 0.25) is 0 Å². The smallest absolute Gasteiger partial charge is 0.361 e. The predicted molar refractivity (Wildman–Crippen MR) is 157 cm³/mol. The van der Waals surface area contributed by atoms with Crippen LogP contribution in [0.1, 0.15) is 32.6 Å². The predicted octanol–water partition coefficient (Wildman–Crippen LogP) is 7.53. The molecule has 0 radical (unpaired) electrons. The van der Waals surface area contributed by atoms with Crippen molar-refractivity contribution in [3.05, 3.63) is 107 Å². The van der Waals surface area contributed by atoms with Crippen molar-refractivity contribution in [2.45, 2.75) is 24.8 Å². The van der Waals surface area contributed by atoms with Crippen molar-refractivity contribution in [1.29, 1.82) is 0 Å². The molecule has 230 valence electrons. The fourth-order valence-corrected chi connectivity index (χ4v) is 5.14. The topological polar surface area (TPSA) is 52.2 Å². The van der Waals surface area contributed by atoms with E-state index >= 15 is 0 Å². The van der Waals surface area contributed by atoms with Crippen LogP contribution in [0, 0.1) is 0 Å². The van der Waals surface area contributed by atoms with Crippen LogP contribution in [-0.2, 0) is 18.8 Å². The number of hydrogen-bond acceptors (Lipinski definition) is 3. The third kappa shape index (κ3) is 8.10. The molecule has 0 saturated carbocycles. The molecule has 13 heteroatoms. The van der Waals surface area contributed by atoms with E-state index in [4.69, 9.17) is 0 Å². The second-order valence-electron chi connectivity index (χ2n) is 9.96. The van der Waals surface area contributed by atoms with E-state index in [1.54, 1.807) is 12.4 Å². The first kappa shape index (κ1) is 34.0. The summed E-state index contributed by atoms with van der Waals surface area (Å²) < 4.78 is 81.0. The Morgan fingerprint density at radius 3 is 2.30 bits per heavy atom. The molecule has 1 fully saturated rings. The van der Waals surface area contributed by atoms with E-state index in [0.717, 1.165) is 22.0 Å². The van der Waals surface area contributed by atoms with E-state index in [-0.39, 0.29) is 37.4 Å². The van der Waals surface area contributed by atoms with Gasteiger partial charge in [0.05, 0.1) is 11.1 Å². The molecule has 1 N–H and O–H groups in total. The van der Waals surface area contributed by atoms with Crippen LogP contribution >= 0.6 is 24.8 Å². The third-order valence-electron chi connectivity index (χ3n) is 7.15. The van der Waals surface area contributed by atoms with Gasteiger partial charge < -0.3 is 9.88 Å². The van der Waals surface area contributed by atoms with Crippen LogP contribution < -0.4 is 0 Å². The number of alkyl halides is 6. The average Bonchev–Trinajstić information content (AvgIpc) is 3.35. The molecule has 3 heterocycles. The lowest BCUT2D eigenvalue weighted by molar-refractivity contribution is -0.143. The zero-order chi connectivity index (χ0) is 29.2. The van der Waals surface area contributed by atoms with Crippen LogP contribution in [0.15, 0.2) is 79.3 Å². The molecule has 1 saturated heterocycles. The Labute approximate surface area is 256 Å². The zero-order valence-corrected chi connectivity index (χ0v) is 24.2. The molecule has 0 bridgehead atoms. The molecule has 2 aromatic carbocycles. The number of nitrogens with zero attached hydrogens (tertiary/aromatic N) is 3. The molecular weight excluding hydrogens is 617 g/mol. The lowest BCUT2D eigenvalue weighted by Gasteiger charge is -2.41. The Bertz CT molecular complexity index is 1520. The minimum absolute atomic E-state index is 0. The molecule has 0 unspecified atom stereocenters. The summed E-state index contributed by atoms with van der Waals surface area (Å²) in [6.45, 7) is 1.47. The Morgan fingerprint density at radius 2 is 1.65 bits per heavy atom. The van der Waals surface area contributed by atoms with Gasteiger partial charge in [0.2, 0.25) is 0 Å². The number of benzene rings is 2. The van der Waals surface area contributed by atoms with Gasteiger partial charge in [-0.15, -0.1) is 24.8 Å². The summed E-state index contributed by atoms with van der Waals surface area (Å²) in [5.41, 5.74) is -0.954. The van der Waals surface area contributed by atoms with Gasteiger partial charge in [0, 0.05) is 67.3 Å². The number of rotatable bonds is 6. The number of carbonyl (C=O) groups is 1. The first-order chi connectivity index (χ1) is 19.5. The van der Waals surface area contributed by atoms with Crippen LogP contribution in [0.4, 0.5) is 26.3 Å². The fourth-order valence-electron chi connectivity index (χ4n) is 5.14. The van der Waals surface area contributed by atoms with Crippen LogP contribution in [0.25, 0.3) is 17.0 Å². The van der Waals surface area contributed by atoms with E-state index in [1.807, 2.05) is 54.7 Å². The first-order valence-electron chi connectivity index (χ1n) is 12.9. The number of piperazine rings is 1. The molecule has 0 spiro atoms. The van der Waals surface area contributed by atoms with Crippen molar-refractivity contribution in [2.24, 2.45) is 0 Å². The third-order valence-corrected chi connectivity index (χ3v) is 7.15. The van der Waals surface area contributed by atoms with E-state index in [1.165, 1.54) is 4.90 Å². The maximum atomic E-state index is 13.6. The van der Waals surface area contributed by atoms with E-state index in [2.05, 4.69) is 14.9 Å². The summed E-state index contributed by atoms with van der Waals surface area (Å²) >= 11 is 0. The van der Waals surface area contributed by atoms with Gasteiger partial charge in [0.25, 0.3) is 5.91 Å². The zero-order valence-electron chi connectivity index (χ0n) is 22.5. The molecule has 0 aliphatic carbocycles. The lowest BCUT2D eigenvalue weighted by Crippen LogP contribution is -2.56. The molecular formula is C30H28Cl2F6N4O. The van der Waals surface area contributed by atoms with Gasteiger partial charge in [0.15, 0.2) is 0 Å². The highest BCUT2D eigenvalue weighted by molar-refractivity contribution is 5.95. The quantitative estimate of drug-likeness (QED) is 0.221. The van der Waals surface area contributed by atoms with Gasteiger partial charge in [-0.2, -0.15) is 26.3 Å². The Morgan fingerprint density at radius 1 is 0.953 bits per heavy atom. The van der Waals surface area contributed by atoms with E-state index in [9.17, 15) is 31.1 Å². The van der Waals surface area contributed by atoms with Crippen molar-refractivity contribution < 1.29 is 31.1 Å². The van der Waals surface area contributed by atoms with E-state index < -0.39 is 41.0 Å². The van der Waals surface area contributed by atoms with Gasteiger partial charge in [-0.3, -0.25) is 14.7 Å².